The van der Waals surface area contributed by atoms with Crippen LogP contribution in [0.4, 0.5) is 9.52 Å². The number of amides is 1. The zero-order valence-electron chi connectivity index (χ0n) is 14.6. The molecule has 1 aromatic heterocycles. The zero-order chi connectivity index (χ0) is 18.8. The van der Waals surface area contributed by atoms with Gasteiger partial charge in [-0.2, -0.15) is 0 Å². The van der Waals surface area contributed by atoms with Gasteiger partial charge in [0.15, 0.2) is 3.95 Å². The molecule has 0 aliphatic heterocycles. The number of benzene rings is 1. The average Bonchev–Trinajstić information content (AvgIpc) is 3.36. The highest BCUT2D eigenvalue weighted by molar-refractivity contribution is 7.73. The normalized spacial score (nSPS) is 14.0. The molecule has 0 spiro atoms. The first-order valence-electron chi connectivity index (χ1n) is 8.42. The smallest absolute Gasteiger partial charge is 0.228 e. The third-order valence-electron chi connectivity index (χ3n) is 4.15. The predicted molar refractivity (Wildman–Crippen MR) is 105 cm³/mol. The molecule has 3 rings (SSSR count). The Kier molecular flexibility index (Phi) is 6.06. The Balaban J connectivity index is 1.75. The second kappa shape index (κ2) is 8.12. The molecule has 1 amide bonds. The van der Waals surface area contributed by atoms with Crippen molar-refractivity contribution in [3.05, 3.63) is 38.6 Å². The van der Waals surface area contributed by atoms with Crippen molar-refractivity contribution in [1.29, 1.82) is 0 Å². The molecule has 140 valence electrons. The van der Waals surface area contributed by atoms with Crippen LogP contribution in [0.1, 0.15) is 31.7 Å². The summed E-state index contributed by atoms with van der Waals surface area (Å²) >= 11 is 12.8. The summed E-state index contributed by atoms with van der Waals surface area (Å²) in [5.74, 6) is -0.268. The van der Waals surface area contributed by atoms with E-state index in [1.165, 1.54) is 17.4 Å². The summed E-state index contributed by atoms with van der Waals surface area (Å²) in [6, 6.07) is 4.89. The SMILES string of the molecule is CCC(=O)N(c1nn(CN(C)Cc2c(F)cccc2Cl)c(=S)s1)C1CC1. The summed E-state index contributed by atoms with van der Waals surface area (Å²) in [4.78, 5) is 15.9. The summed E-state index contributed by atoms with van der Waals surface area (Å²) < 4.78 is 16.2. The van der Waals surface area contributed by atoms with E-state index in [1.54, 1.807) is 21.7 Å². The molecule has 0 unspecified atom stereocenters. The van der Waals surface area contributed by atoms with E-state index in [0.29, 0.717) is 39.3 Å². The molecule has 2 aromatic rings. The van der Waals surface area contributed by atoms with Gasteiger partial charge in [0.05, 0.1) is 6.67 Å². The van der Waals surface area contributed by atoms with Crippen molar-refractivity contribution in [3.8, 4) is 0 Å². The van der Waals surface area contributed by atoms with Gasteiger partial charge in [0.2, 0.25) is 11.0 Å². The van der Waals surface area contributed by atoms with E-state index in [0.717, 1.165) is 12.8 Å². The third kappa shape index (κ3) is 4.31. The number of carbonyl (C=O) groups is 1. The van der Waals surface area contributed by atoms with Gasteiger partial charge in [0, 0.05) is 29.6 Å². The summed E-state index contributed by atoms with van der Waals surface area (Å²) in [5, 5.41) is 5.57. The van der Waals surface area contributed by atoms with Crippen molar-refractivity contribution in [1.82, 2.24) is 14.7 Å². The van der Waals surface area contributed by atoms with Crippen LogP contribution < -0.4 is 4.90 Å². The topological polar surface area (TPSA) is 41.4 Å². The first kappa shape index (κ1) is 19.4. The first-order chi connectivity index (χ1) is 12.4. The second-order valence-corrected chi connectivity index (χ2v) is 8.36. The van der Waals surface area contributed by atoms with E-state index >= 15 is 0 Å². The maximum atomic E-state index is 14.0. The number of hydrogen-bond donors (Lipinski definition) is 0. The second-order valence-electron chi connectivity index (χ2n) is 6.35. The van der Waals surface area contributed by atoms with Crippen LogP contribution in [0.3, 0.4) is 0 Å². The number of halogens is 2. The number of anilines is 1. The van der Waals surface area contributed by atoms with Crippen molar-refractivity contribution >= 4 is 46.2 Å². The summed E-state index contributed by atoms with van der Waals surface area (Å²) in [5.41, 5.74) is 0.444. The Hall–Kier alpha value is -1.35. The molecule has 0 atom stereocenters. The van der Waals surface area contributed by atoms with Crippen LogP contribution in [0.2, 0.25) is 5.02 Å². The highest BCUT2D eigenvalue weighted by Gasteiger charge is 2.35. The van der Waals surface area contributed by atoms with E-state index < -0.39 is 0 Å². The van der Waals surface area contributed by atoms with Crippen molar-refractivity contribution in [3.63, 3.8) is 0 Å². The molecule has 5 nitrogen and oxygen atoms in total. The Morgan fingerprint density at radius 1 is 1.50 bits per heavy atom. The Labute approximate surface area is 166 Å². The molecular weight excluding hydrogens is 395 g/mol. The molecule has 1 heterocycles. The Bertz CT molecular complexity index is 844. The van der Waals surface area contributed by atoms with E-state index in [2.05, 4.69) is 5.10 Å². The van der Waals surface area contributed by atoms with Crippen LogP contribution in [0.25, 0.3) is 0 Å². The van der Waals surface area contributed by atoms with Gasteiger partial charge in [-0.3, -0.25) is 14.6 Å². The molecule has 1 fully saturated rings. The molecule has 0 bridgehead atoms. The number of rotatable bonds is 7. The molecule has 1 aliphatic carbocycles. The highest BCUT2D eigenvalue weighted by Crippen LogP contribution is 2.34. The Morgan fingerprint density at radius 3 is 2.85 bits per heavy atom. The fraction of sp³-hybridized carbons (Fsp3) is 0.471. The van der Waals surface area contributed by atoms with E-state index in [4.69, 9.17) is 23.8 Å². The van der Waals surface area contributed by atoms with Gasteiger partial charge >= 0.3 is 0 Å². The lowest BCUT2D eigenvalue weighted by Gasteiger charge is -2.19. The van der Waals surface area contributed by atoms with Crippen LogP contribution in [-0.4, -0.2) is 33.7 Å². The summed E-state index contributed by atoms with van der Waals surface area (Å²) in [6.45, 7) is 2.57. The van der Waals surface area contributed by atoms with Crippen molar-refractivity contribution in [2.45, 2.75) is 45.4 Å². The van der Waals surface area contributed by atoms with Gasteiger partial charge in [-0.25, -0.2) is 9.07 Å². The van der Waals surface area contributed by atoms with Crippen LogP contribution in [-0.2, 0) is 18.0 Å². The van der Waals surface area contributed by atoms with Crippen LogP contribution in [0.5, 0.6) is 0 Å². The molecule has 26 heavy (non-hydrogen) atoms. The predicted octanol–water partition coefficient (Wildman–Crippen LogP) is 4.46. The maximum absolute atomic E-state index is 14.0. The zero-order valence-corrected chi connectivity index (χ0v) is 17.0. The summed E-state index contributed by atoms with van der Waals surface area (Å²) in [6.07, 6.45) is 2.45. The lowest BCUT2D eigenvalue weighted by atomic mass is 10.2. The number of carbonyl (C=O) groups excluding carboxylic acids is 1. The summed E-state index contributed by atoms with van der Waals surface area (Å²) in [7, 11) is 1.85. The average molecular weight is 415 g/mol. The van der Waals surface area contributed by atoms with Gasteiger partial charge in [0.1, 0.15) is 5.82 Å². The van der Waals surface area contributed by atoms with Gasteiger partial charge in [0.25, 0.3) is 0 Å². The molecular formula is C17H20ClFN4OS2. The number of nitrogens with zero attached hydrogens (tertiary/aromatic N) is 4. The molecule has 0 saturated heterocycles. The highest BCUT2D eigenvalue weighted by atomic mass is 35.5. The van der Waals surface area contributed by atoms with Gasteiger partial charge in [-0.1, -0.05) is 35.9 Å². The van der Waals surface area contributed by atoms with Crippen molar-refractivity contribution in [2.24, 2.45) is 0 Å². The molecule has 9 heteroatoms. The van der Waals surface area contributed by atoms with E-state index in [9.17, 15) is 9.18 Å². The number of aromatic nitrogens is 2. The molecule has 0 N–H and O–H groups in total. The quantitative estimate of drug-likeness (QED) is 0.627. The molecule has 0 radical (unpaired) electrons. The van der Waals surface area contributed by atoms with Crippen molar-refractivity contribution in [2.75, 3.05) is 11.9 Å². The minimum Gasteiger partial charge on any atom is -0.284 e. The lowest BCUT2D eigenvalue weighted by molar-refractivity contribution is -0.118. The first-order valence-corrected chi connectivity index (χ1v) is 10.0. The lowest BCUT2D eigenvalue weighted by Crippen LogP contribution is -2.32. The van der Waals surface area contributed by atoms with E-state index in [1.807, 2.05) is 18.9 Å². The maximum Gasteiger partial charge on any atom is 0.228 e. The van der Waals surface area contributed by atoms with Gasteiger partial charge in [-0.05, 0) is 44.2 Å². The van der Waals surface area contributed by atoms with Crippen molar-refractivity contribution < 1.29 is 9.18 Å². The van der Waals surface area contributed by atoms with E-state index in [-0.39, 0.29) is 17.8 Å². The van der Waals surface area contributed by atoms with Crippen LogP contribution in [0.15, 0.2) is 18.2 Å². The molecule has 1 aliphatic rings. The third-order valence-corrected chi connectivity index (χ3v) is 5.81. The van der Waals surface area contributed by atoms with Crippen LogP contribution in [0, 0.1) is 9.77 Å². The fourth-order valence-electron chi connectivity index (χ4n) is 2.68. The van der Waals surface area contributed by atoms with Gasteiger partial charge in [-0.15, -0.1) is 5.10 Å². The standard InChI is InChI=1S/C17H20ClFN4OS2/c1-3-15(24)23(11-7-8-11)16-20-22(17(25)26-16)10-21(2)9-12-13(18)5-4-6-14(12)19/h4-6,11H,3,7-10H2,1-2H3. The fourth-order valence-corrected chi connectivity index (χ4v) is 4.08. The van der Waals surface area contributed by atoms with Crippen LogP contribution >= 0.6 is 35.2 Å². The monoisotopic (exact) mass is 414 g/mol. The molecule has 1 saturated carbocycles. The largest absolute Gasteiger partial charge is 0.284 e. The minimum atomic E-state index is -0.333. The minimum absolute atomic E-state index is 0.0647. The van der Waals surface area contributed by atoms with Gasteiger partial charge < -0.3 is 0 Å². The number of hydrogen-bond acceptors (Lipinski definition) is 5. The molecule has 1 aromatic carbocycles. The Morgan fingerprint density at radius 2 is 2.23 bits per heavy atom.